The zero-order chi connectivity index (χ0) is 25.6. The normalized spacial score (nSPS) is 11.0. The van der Waals surface area contributed by atoms with E-state index in [9.17, 15) is 18.0 Å². The van der Waals surface area contributed by atoms with Crippen molar-refractivity contribution in [3.63, 3.8) is 0 Å². The Bertz CT molecular complexity index is 1320. The second-order valence-corrected chi connectivity index (χ2v) is 9.66. The summed E-state index contributed by atoms with van der Waals surface area (Å²) >= 11 is 0. The third-order valence-electron chi connectivity index (χ3n) is 5.23. The number of hydrogen-bond acceptors (Lipinski definition) is 6. The Hall–Kier alpha value is -3.85. The van der Waals surface area contributed by atoms with Crippen LogP contribution in [0, 0.1) is 13.8 Å². The summed E-state index contributed by atoms with van der Waals surface area (Å²) in [6.45, 7) is 5.05. The topological polar surface area (TPSA) is 102 Å². The van der Waals surface area contributed by atoms with E-state index in [4.69, 9.17) is 9.47 Å². The maximum atomic E-state index is 13.6. The van der Waals surface area contributed by atoms with Crippen LogP contribution < -0.4 is 14.4 Å². The third-order valence-corrected chi connectivity index (χ3v) is 7.01. The Morgan fingerprint density at radius 1 is 0.971 bits per heavy atom. The first kappa shape index (κ1) is 25.8. The first-order chi connectivity index (χ1) is 16.7. The number of methoxy groups -OCH3 is 1. The van der Waals surface area contributed by atoms with E-state index in [1.807, 2.05) is 6.92 Å². The van der Waals surface area contributed by atoms with Gasteiger partial charge in [-0.05, 0) is 74.4 Å². The van der Waals surface area contributed by atoms with Gasteiger partial charge in [-0.15, -0.1) is 0 Å². The van der Waals surface area contributed by atoms with Crippen molar-refractivity contribution in [1.82, 2.24) is 0 Å². The number of esters is 1. The Kier molecular flexibility index (Phi) is 8.14. The number of nitrogens with one attached hydrogen (secondary N) is 1. The zero-order valence-corrected chi connectivity index (χ0v) is 20.9. The molecule has 1 amide bonds. The van der Waals surface area contributed by atoms with Gasteiger partial charge < -0.3 is 14.8 Å². The van der Waals surface area contributed by atoms with Crippen molar-refractivity contribution in [2.45, 2.75) is 25.7 Å². The van der Waals surface area contributed by atoms with Crippen LogP contribution in [0.4, 0.5) is 11.4 Å². The van der Waals surface area contributed by atoms with E-state index in [-0.39, 0.29) is 17.2 Å². The Labute approximate surface area is 205 Å². The summed E-state index contributed by atoms with van der Waals surface area (Å²) < 4.78 is 38.6. The van der Waals surface area contributed by atoms with Gasteiger partial charge in [-0.25, -0.2) is 13.2 Å². The number of carbonyl (C=O) groups excluding carboxylic acids is 2. The molecular formula is C26H28N2O6S. The lowest BCUT2D eigenvalue weighted by Crippen LogP contribution is -2.38. The molecule has 1 N–H and O–H groups in total. The van der Waals surface area contributed by atoms with E-state index in [0.717, 1.165) is 9.87 Å². The van der Waals surface area contributed by atoms with Crippen molar-refractivity contribution in [2.24, 2.45) is 0 Å². The van der Waals surface area contributed by atoms with E-state index in [2.05, 4.69) is 5.32 Å². The summed E-state index contributed by atoms with van der Waals surface area (Å²) in [6.07, 6.45) is 0. The highest BCUT2D eigenvalue weighted by atomic mass is 32.2. The summed E-state index contributed by atoms with van der Waals surface area (Å²) in [5, 5.41) is 2.75. The van der Waals surface area contributed by atoms with Crippen molar-refractivity contribution < 1.29 is 27.5 Å². The standard InChI is InChI=1S/C26H28N2O6S/c1-5-34-26(30)20-12-13-22(19(3)16-20)27-25(29)17-28(23-15-18(2)11-14-24(23)33-4)35(31,32)21-9-7-6-8-10-21/h6-16H,5,17H2,1-4H3,(H,27,29). The van der Waals surface area contributed by atoms with Crippen molar-refractivity contribution >= 4 is 33.3 Å². The van der Waals surface area contributed by atoms with Gasteiger partial charge in [-0.1, -0.05) is 24.3 Å². The number of carbonyl (C=O) groups is 2. The number of hydrogen-bond donors (Lipinski definition) is 1. The molecule has 3 aromatic rings. The molecule has 3 aromatic carbocycles. The van der Waals surface area contributed by atoms with Crippen LogP contribution in [0.5, 0.6) is 5.75 Å². The molecule has 0 saturated carbocycles. The number of nitrogens with zero attached hydrogens (tertiary/aromatic N) is 1. The molecule has 3 rings (SSSR count). The van der Waals surface area contributed by atoms with Gasteiger partial charge in [0.25, 0.3) is 10.0 Å². The molecule has 0 aliphatic carbocycles. The third kappa shape index (κ3) is 5.99. The highest BCUT2D eigenvalue weighted by molar-refractivity contribution is 7.92. The summed E-state index contributed by atoms with van der Waals surface area (Å²) in [5.74, 6) is -0.696. The number of benzene rings is 3. The fourth-order valence-corrected chi connectivity index (χ4v) is 4.92. The molecule has 0 heterocycles. The van der Waals surface area contributed by atoms with Gasteiger partial charge in [0.2, 0.25) is 5.91 Å². The Morgan fingerprint density at radius 3 is 2.31 bits per heavy atom. The van der Waals surface area contributed by atoms with Gasteiger partial charge in [0.1, 0.15) is 12.3 Å². The maximum Gasteiger partial charge on any atom is 0.338 e. The predicted octanol–water partition coefficient (Wildman–Crippen LogP) is 4.32. The Balaban J connectivity index is 1.95. The molecule has 8 nitrogen and oxygen atoms in total. The van der Waals surface area contributed by atoms with Crippen LogP contribution >= 0.6 is 0 Å². The van der Waals surface area contributed by atoms with Gasteiger partial charge in [-0.2, -0.15) is 0 Å². The lowest BCUT2D eigenvalue weighted by Gasteiger charge is -2.26. The second-order valence-electron chi connectivity index (χ2n) is 7.80. The van der Waals surface area contributed by atoms with Crippen LogP contribution in [0.1, 0.15) is 28.4 Å². The average Bonchev–Trinajstić information content (AvgIpc) is 2.84. The first-order valence-electron chi connectivity index (χ1n) is 11.0. The molecule has 0 unspecified atom stereocenters. The number of aryl methyl sites for hydroxylation is 2. The predicted molar refractivity (Wildman–Crippen MR) is 134 cm³/mol. The molecule has 9 heteroatoms. The molecule has 184 valence electrons. The van der Waals surface area contributed by atoms with Crippen LogP contribution in [-0.2, 0) is 19.6 Å². The van der Waals surface area contributed by atoms with E-state index in [1.54, 1.807) is 68.4 Å². The monoisotopic (exact) mass is 496 g/mol. The van der Waals surface area contributed by atoms with Crippen LogP contribution in [-0.4, -0.2) is 40.6 Å². The van der Waals surface area contributed by atoms with Crippen molar-refractivity contribution in [1.29, 1.82) is 0 Å². The number of anilines is 2. The highest BCUT2D eigenvalue weighted by Gasteiger charge is 2.29. The Morgan fingerprint density at radius 2 is 1.69 bits per heavy atom. The van der Waals surface area contributed by atoms with Gasteiger partial charge in [0.15, 0.2) is 0 Å². The molecule has 0 atom stereocenters. The molecule has 0 aromatic heterocycles. The molecule has 0 bridgehead atoms. The van der Waals surface area contributed by atoms with Crippen LogP contribution in [0.2, 0.25) is 0 Å². The summed E-state index contributed by atoms with van der Waals surface area (Å²) in [7, 11) is -2.65. The first-order valence-corrected chi connectivity index (χ1v) is 12.4. The summed E-state index contributed by atoms with van der Waals surface area (Å²) in [5.41, 5.74) is 2.51. The molecule has 0 aliphatic heterocycles. The highest BCUT2D eigenvalue weighted by Crippen LogP contribution is 2.33. The summed E-state index contributed by atoms with van der Waals surface area (Å²) in [6, 6.07) is 17.7. The van der Waals surface area contributed by atoms with Gasteiger partial charge in [0.05, 0.1) is 29.9 Å². The fraction of sp³-hybridized carbons (Fsp3) is 0.231. The van der Waals surface area contributed by atoms with Gasteiger partial charge in [0, 0.05) is 5.69 Å². The minimum atomic E-state index is -4.09. The van der Waals surface area contributed by atoms with Crippen molar-refractivity contribution in [3.8, 4) is 5.75 Å². The molecule has 0 saturated heterocycles. The largest absolute Gasteiger partial charge is 0.495 e. The van der Waals surface area contributed by atoms with Crippen LogP contribution in [0.15, 0.2) is 71.6 Å². The number of sulfonamides is 1. The average molecular weight is 497 g/mol. The van der Waals surface area contributed by atoms with Gasteiger partial charge >= 0.3 is 5.97 Å². The molecule has 35 heavy (non-hydrogen) atoms. The molecule has 0 spiro atoms. The number of ether oxygens (including phenoxy) is 2. The lowest BCUT2D eigenvalue weighted by molar-refractivity contribution is -0.114. The van der Waals surface area contributed by atoms with Crippen molar-refractivity contribution in [2.75, 3.05) is 29.9 Å². The van der Waals surface area contributed by atoms with E-state index in [1.165, 1.54) is 19.2 Å². The van der Waals surface area contributed by atoms with Crippen molar-refractivity contribution in [3.05, 3.63) is 83.4 Å². The molecular weight excluding hydrogens is 468 g/mol. The van der Waals surface area contributed by atoms with Crippen LogP contribution in [0.3, 0.4) is 0 Å². The minimum Gasteiger partial charge on any atom is -0.495 e. The minimum absolute atomic E-state index is 0.0475. The van der Waals surface area contributed by atoms with Gasteiger partial charge in [-0.3, -0.25) is 9.10 Å². The summed E-state index contributed by atoms with van der Waals surface area (Å²) in [4.78, 5) is 25.1. The SMILES string of the molecule is CCOC(=O)c1ccc(NC(=O)CN(c2cc(C)ccc2OC)S(=O)(=O)c2ccccc2)c(C)c1. The molecule has 0 fully saturated rings. The number of amides is 1. The van der Waals surface area contributed by atoms with E-state index >= 15 is 0 Å². The van der Waals surface area contributed by atoms with E-state index in [0.29, 0.717) is 22.6 Å². The lowest BCUT2D eigenvalue weighted by atomic mass is 10.1. The fourth-order valence-electron chi connectivity index (χ4n) is 3.48. The quantitative estimate of drug-likeness (QED) is 0.443. The smallest absolute Gasteiger partial charge is 0.338 e. The molecule has 0 aliphatic rings. The molecule has 0 radical (unpaired) electrons. The van der Waals surface area contributed by atoms with Crippen LogP contribution in [0.25, 0.3) is 0 Å². The number of rotatable bonds is 9. The second kappa shape index (κ2) is 11.1. The zero-order valence-electron chi connectivity index (χ0n) is 20.1. The maximum absolute atomic E-state index is 13.6. The van der Waals surface area contributed by atoms with E-state index < -0.39 is 28.4 Å².